The van der Waals surface area contributed by atoms with Crippen molar-refractivity contribution in [3.05, 3.63) is 29.3 Å². The van der Waals surface area contributed by atoms with E-state index in [1.807, 2.05) is 0 Å². The smallest absolute Gasteiger partial charge is 0.251 e. The molecule has 21 heavy (non-hydrogen) atoms. The molecule has 0 bridgehead atoms. The van der Waals surface area contributed by atoms with Gasteiger partial charge < -0.3 is 10.4 Å². The fraction of sp³-hybridized carbons (Fsp3) is 0.611. The highest BCUT2D eigenvalue weighted by Crippen LogP contribution is 2.42. The molecular formula is C18H27NO2. The van der Waals surface area contributed by atoms with Gasteiger partial charge in [0.1, 0.15) is 5.75 Å². The number of phenols is 1. The van der Waals surface area contributed by atoms with E-state index in [-0.39, 0.29) is 17.1 Å². The van der Waals surface area contributed by atoms with Gasteiger partial charge in [0.25, 0.3) is 5.91 Å². The molecule has 1 aliphatic rings. The maximum absolute atomic E-state index is 12.4. The normalized spacial score (nSPS) is 17.1. The van der Waals surface area contributed by atoms with Crippen LogP contribution in [0.25, 0.3) is 0 Å². The van der Waals surface area contributed by atoms with Gasteiger partial charge >= 0.3 is 0 Å². The lowest BCUT2D eigenvalue weighted by Gasteiger charge is -2.31. The van der Waals surface area contributed by atoms with Crippen LogP contribution in [0.4, 0.5) is 0 Å². The van der Waals surface area contributed by atoms with E-state index in [9.17, 15) is 9.90 Å². The highest BCUT2D eigenvalue weighted by Gasteiger charge is 2.34. The lowest BCUT2D eigenvalue weighted by atomic mass is 9.78. The molecular weight excluding hydrogens is 262 g/mol. The van der Waals surface area contributed by atoms with Gasteiger partial charge in [0, 0.05) is 17.7 Å². The van der Waals surface area contributed by atoms with E-state index >= 15 is 0 Å². The summed E-state index contributed by atoms with van der Waals surface area (Å²) >= 11 is 0. The molecule has 2 rings (SSSR count). The first-order valence-electron chi connectivity index (χ1n) is 8.00. The molecule has 1 fully saturated rings. The topological polar surface area (TPSA) is 49.3 Å². The Kier molecular flexibility index (Phi) is 4.92. The molecule has 1 aromatic carbocycles. The monoisotopic (exact) mass is 289 g/mol. The second-order valence-electron chi connectivity index (χ2n) is 6.94. The Bertz CT molecular complexity index is 502. The summed E-state index contributed by atoms with van der Waals surface area (Å²) in [6, 6.07) is 5.11. The summed E-state index contributed by atoms with van der Waals surface area (Å²) < 4.78 is 0. The van der Waals surface area contributed by atoms with Crippen molar-refractivity contribution < 1.29 is 9.90 Å². The van der Waals surface area contributed by atoms with Crippen LogP contribution < -0.4 is 5.32 Å². The fourth-order valence-electron chi connectivity index (χ4n) is 3.68. The number of carbonyl (C=O) groups is 1. The largest absolute Gasteiger partial charge is 0.508 e. The lowest BCUT2D eigenvalue weighted by molar-refractivity contribution is 0.0920. The molecule has 0 heterocycles. The van der Waals surface area contributed by atoms with Crippen LogP contribution in [0.2, 0.25) is 0 Å². The van der Waals surface area contributed by atoms with Gasteiger partial charge in [0.15, 0.2) is 0 Å². The van der Waals surface area contributed by atoms with E-state index in [2.05, 4.69) is 19.2 Å². The first-order chi connectivity index (χ1) is 9.93. The van der Waals surface area contributed by atoms with Crippen LogP contribution in [0, 0.1) is 18.3 Å². The minimum atomic E-state index is -0.0709. The number of phenolic OH excluding ortho intramolecular Hbond substituents is 1. The van der Waals surface area contributed by atoms with E-state index < -0.39 is 0 Å². The van der Waals surface area contributed by atoms with Crippen LogP contribution in [0.5, 0.6) is 5.75 Å². The quantitative estimate of drug-likeness (QED) is 0.859. The first-order valence-corrected chi connectivity index (χ1v) is 8.00. The van der Waals surface area contributed by atoms with Gasteiger partial charge in [-0.2, -0.15) is 0 Å². The fourth-order valence-corrected chi connectivity index (χ4v) is 3.68. The molecule has 0 aliphatic heterocycles. The number of nitrogens with one attached hydrogen (secondary N) is 1. The van der Waals surface area contributed by atoms with Crippen molar-refractivity contribution in [1.82, 2.24) is 5.32 Å². The summed E-state index contributed by atoms with van der Waals surface area (Å²) in [5.41, 5.74) is 1.50. The minimum Gasteiger partial charge on any atom is -0.508 e. The minimum absolute atomic E-state index is 0.0709. The van der Waals surface area contributed by atoms with Crippen LogP contribution in [0.15, 0.2) is 18.2 Å². The van der Waals surface area contributed by atoms with E-state index in [0.717, 1.165) is 6.54 Å². The Morgan fingerprint density at radius 1 is 1.33 bits per heavy atom. The Labute approximate surface area is 127 Å². The van der Waals surface area contributed by atoms with E-state index in [0.29, 0.717) is 17.0 Å². The van der Waals surface area contributed by atoms with Gasteiger partial charge in [-0.15, -0.1) is 0 Å². The van der Waals surface area contributed by atoms with Crippen molar-refractivity contribution in [2.24, 2.45) is 11.3 Å². The number of benzene rings is 1. The van der Waals surface area contributed by atoms with Gasteiger partial charge in [-0.1, -0.05) is 32.8 Å². The predicted octanol–water partition coefficient (Wildman–Crippen LogP) is 4.04. The Hall–Kier alpha value is -1.51. The Morgan fingerprint density at radius 2 is 2.00 bits per heavy atom. The number of hydrogen-bond acceptors (Lipinski definition) is 2. The molecule has 1 amide bonds. The summed E-state index contributed by atoms with van der Waals surface area (Å²) in [6.45, 7) is 7.03. The number of rotatable bonds is 5. The van der Waals surface area contributed by atoms with E-state index in [1.165, 1.54) is 32.1 Å². The van der Waals surface area contributed by atoms with Crippen LogP contribution >= 0.6 is 0 Å². The third-order valence-electron chi connectivity index (χ3n) is 4.68. The maximum Gasteiger partial charge on any atom is 0.251 e. The van der Waals surface area contributed by atoms with Crippen molar-refractivity contribution in [3.8, 4) is 5.75 Å². The highest BCUT2D eigenvalue weighted by molar-refractivity contribution is 5.96. The average molecular weight is 289 g/mol. The van der Waals surface area contributed by atoms with Crippen molar-refractivity contribution in [2.45, 2.75) is 52.9 Å². The third-order valence-corrected chi connectivity index (χ3v) is 4.68. The molecule has 1 aliphatic carbocycles. The number of aromatic hydroxyl groups is 1. The van der Waals surface area contributed by atoms with Gasteiger partial charge in [-0.25, -0.2) is 0 Å². The second-order valence-corrected chi connectivity index (χ2v) is 6.94. The summed E-state index contributed by atoms with van der Waals surface area (Å²) in [5.74, 6) is 0.765. The molecule has 1 aromatic rings. The molecule has 1 saturated carbocycles. The Balaban J connectivity index is 2.04. The third kappa shape index (κ3) is 3.78. The molecule has 0 unspecified atom stereocenters. The van der Waals surface area contributed by atoms with Gasteiger partial charge in [-0.3, -0.25) is 4.79 Å². The summed E-state index contributed by atoms with van der Waals surface area (Å²) in [4.78, 5) is 12.4. The number of amides is 1. The van der Waals surface area contributed by atoms with Crippen LogP contribution in [-0.4, -0.2) is 17.6 Å². The summed E-state index contributed by atoms with van der Waals surface area (Å²) in [5, 5.41) is 12.8. The predicted molar refractivity (Wildman–Crippen MR) is 85.5 cm³/mol. The summed E-state index contributed by atoms with van der Waals surface area (Å²) in [7, 11) is 0. The highest BCUT2D eigenvalue weighted by atomic mass is 16.3. The average Bonchev–Trinajstić information content (AvgIpc) is 2.87. The first kappa shape index (κ1) is 15.9. The number of hydrogen-bond donors (Lipinski definition) is 2. The van der Waals surface area contributed by atoms with Crippen molar-refractivity contribution in [3.63, 3.8) is 0 Å². The van der Waals surface area contributed by atoms with Crippen LogP contribution in [0.3, 0.4) is 0 Å². The standard InChI is InChI=1S/C18H27NO2/c1-13(2)11-18(9-4-5-10-18)12-19-17(21)15-7-6-8-16(20)14(15)3/h6-8,13,20H,4-5,9-12H2,1-3H3,(H,19,21). The zero-order valence-electron chi connectivity index (χ0n) is 13.4. The van der Waals surface area contributed by atoms with Gasteiger partial charge in [-0.05, 0) is 49.7 Å². The zero-order valence-corrected chi connectivity index (χ0v) is 13.4. The van der Waals surface area contributed by atoms with E-state index in [1.54, 1.807) is 25.1 Å². The molecule has 116 valence electrons. The molecule has 0 radical (unpaired) electrons. The number of carbonyl (C=O) groups excluding carboxylic acids is 1. The molecule has 0 atom stereocenters. The molecule has 2 N–H and O–H groups in total. The van der Waals surface area contributed by atoms with Crippen molar-refractivity contribution in [1.29, 1.82) is 0 Å². The van der Waals surface area contributed by atoms with Crippen molar-refractivity contribution >= 4 is 5.91 Å². The molecule has 3 nitrogen and oxygen atoms in total. The molecule has 0 aromatic heterocycles. The van der Waals surface area contributed by atoms with Crippen LogP contribution in [0.1, 0.15) is 61.9 Å². The second kappa shape index (κ2) is 6.50. The van der Waals surface area contributed by atoms with Crippen molar-refractivity contribution in [2.75, 3.05) is 6.54 Å². The molecule has 0 saturated heterocycles. The van der Waals surface area contributed by atoms with Gasteiger partial charge in [0.2, 0.25) is 0 Å². The Morgan fingerprint density at radius 3 is 2.62 bits per heavy atom. The maximum atomic E-state index is 12.4. The van der Waals surface area contributed by atoms with Crippen LogP contribution in [-0.2, 0) is 0 Å². The SMILES string of the molecule is Cc1c(O)cccc1C(=O)NCC1(CC(C)C)CCCC1. The summed E-state index contributed by atoms with van der Waals surface area (Å²) in [6.07, 6.45) is 6.14. The lowest BCUT2D eigenvalue weighted by Crippen LogP contribution is -2.37. The zero-order chi connectivity index (χ0) is 15.5. The van der Waals surface area contributed by atoms with E-state index in [4.69, 9.17) is 0 Å². The molecule has 3 heteroatoms. The molecule has 0 spiro atoms. The van der Waals surface area contributed by atoms with Gasteiger partial charge in [0.05, 0.1) is 0 Å².